The van der Waals surface area contributed by atoms with Crippen LogP contribution in [0.3, 0.4) is 0 Å². The third-order valence-electron chi connectivity index (χ3n) is 4.84. The number of carbonyl (C=O) groups is 1. The summed E-state index contributed by atoms with van der Waals surface area (Å²) in [6, 6.07) is 23.8. The van der Waals surface area contributed by atoms with Crippen LogP contribution in [0.15, 0.2) is 72.8 Å². The molecule has 0 aliphatic carbocycles. The Morgan fingerprint density at radius 3 is 2.00 bits per heavy atom. The molecule has 0 aromatic heterocycles. The second kappa shape index (κ2) is 11.0. The molecule has 0 bridgehead atoms. The Hall–Kier alpha value is -2.85. The van der Waals surface area contributed by atoms with Crippen molar-refractivity contribution >= 4 is 28.6 Å². The van der Waals surface area contributed by atoms with Crippen LogP contribution in [0.25, 0.3) is 11.1 Å². The molecule has 0 N–H and O–H groups in total. The van der Waals surface area contributed by atoms with Crippen LogP contribution in [0.1, 0.15) is 36.2 Å². The molecule has 3 aromatic rings. The number of hydrogen-bond acceptors (Lipinski definition) is 4. The van der Waals surface area contributed by atoms with E-state index in [0.29, 0.717) is 22.8 Å². The number of hydrogen-bond donors (Lipinski definition) is 0. The minimum Gasteiger partial charge on any atom is -0.491 e. The lowest BCUT2D eigenvalue weighted by Gasteiger charge is -2.18. The van der Waals surface area contributed by atoms with Gasteiger partial charge in [-0.2, -0.15) is 5.26 Å². The van der Waals surface area contributed by atoms with Gasteiger partial charge >= 0.3 is 5.97 Å². The number of rotatable bonds is 8. The van der Waals surface area contributed by atoms with Gasteiger partial charge in [-0.25, -0.2) is 4.79 Å². The lowest BCUT2D eigenvalue weighted by Crippen LogP contribution is -2.16. The Kier molecular flexibility index (Phi) is 8.07. The van der Waals surface area contributed by atoms with Crippen molar-refractivity contribution < 1.29 is 14.3 Å². The number of carbonyl (C=O) groups excluding carboxylic acids is 1. The first-order chi connectivity index (χ1) is 15.0. The lowest BCUT2D eigenvalue weighted by molar-refractivity contribution is 0.0735. The van der Waals surface area contributed by atoms with Crippen LogP contribution in [0.4, 0.5) is 0 Å². The first-order valence-electron chi connectivity index (χ1n) is 10.1. The maximum atomic E-state index is 12.4. The van der Waals surface area contributed by atoms with Crippen molar-refractivity contribution in [2.45, 2.75) is 26.4 Å². The van der Waals surface area contributed by atoms with Crippen LogP contribution in [0.2, 0.25) is 0 Å². The molecule has 4 nitrogen and oxygen atoms in total. The molecule has 0 spiro atoms. The van der Waals surface area contributed by atoms with E-state index in [1.807, 2.05) is 42.5 Å². The summed E-state index contributed by atoms with van der Waals surface area (Å²) in [5.74, 6) is 1.47. The normalized spacial score (nSPS) is 12.5. The minimum absolute atomic E-state index is 0.178. The molecule has 3 rings (SSSR count). The average Bonchev–Trinajstić information content (AvgIpc) is 2.80. The fraction of sp³-hybridized carbons (Fsp3) is 0.231. The van der Waals surface area contributed by atoms with E-state index in [1.165, 1.54) is 0 Å². The number of nitriles is 1. The molecule has 5 heteroatoms. The molecule has 0 heterocycles. The Labute approximate surface area is 197 Å². The Morgan fingerprint density at radius 1 is 0.903 bits per heavy atom. The standard InChI is InChI=1S/C26H24INO3/c1-18(16-27)15-19(2)30-24-13-9-22(10-14-24)21-5-7-23(8-6-21)26(29)31-25-11-3-20(17-28)4-12-25/h3-14,18-19H,15-16H2,1-2H3. The smallest absolute Gasteiger partial charge is 0.343 e. The first-order valence-corrected chi connectivity index (χ1v) is 11.7. The SMILES string of the molecule is CC(CI)CC(C)Oc1ccc(-c2ccc(C(=O)Oc3ccc(C#N)cc3)cc2)cc1. The Balaban J connectivity index is 1.61. The third-order valence-corrected chi connectivity index (χ3v) is 6.34. The summed E-state index contributed by atoms with van der Waals surface area (Å²) in [6.07, 6.45) is 1.21. The van der Waals surface area contributed by atoms with Gasteiger partial charge < -0.3 is 9.47 Å². The van der Waals surface area contributed by atoms with Gasteiger partial charge in [-0.3, -0.25) is 0 Å². The summed E-state index contributed by atoms with van der Waals surface area (Å²) in [4.78, 5) is 12.4. The summed E-state index contributed by atoms with van der Waals surface area (Å²) in [5.41, 5.74) is 3.04. The number of ether oxygens (including phenoxy) is 2. The van der Waals surface area contributed by atoms with E-state index in [2.05, 4.69) is 36.4 Å². The molecule has 31 heavy (non-hydrogen) atoms. The summed E-state index contributed by atoms with van der Waals surface area (Å²) in [5, 5.41) is 8.84. The Morgan fingerprint density at radius 2 is 1.45 bits per heavy atom. The van der Waals surface area contributed by atoms with Crippen LogP contribution >= 0.6 is 22.6 Å². The second-order valence-corrected chi connectivity index (χ2v) is 8.43. The monoisotopic (exact) mass is 525 g/mol. The summed E-state index contributed by atoms with van der Waals surface area (Å²) in [7, 11) is 0. The topological polar surface area (TPSA) is 59.3 Å². The van der Waals surface area contributed by atoms with Gasteiger partial charge in [0, 0.05) is 4.43 Å². The number of esters is 1. The minimum atomic E-state index is -0.435. The third kappa shape index (κ3) is 6.56. The van der Waals surface area contributed by atoms with Crippen molar-refractivity contribution in [1.82, 2.24) is 0 Å². The lowest BCUT2D eigenvalue weighted by atomic mass is 10.0. The van der Waals surface area contributed by atoms with Gasteiger partial charge in [0.15, 0.2) is 0 Å². The van der Waals surface area contributed by atoms with Crippen LogP contribution in [0, 0.1) is 17.2 Å². The zero-order chi connectivity index (χ0) is 22.2. The highest BCUT2D eigenvalue weighted by Gasteiger charge is 2.11. The number of halogens is 1. The van der Waals surface area contributed by atoms with Gasteiger partial charge in [-0.15, -0.1) is 0 Å². The molecular weight excluding hydrogens is 501 g/mol. The van der Waals surface area contributed by atoms with E-state index in [9.17, 15) is 4.79 Å². The van der Waals surface area contributed by atoms with Gasteiger partial charge in [0.25, 0.3) is 0 Å². The molecule has 158 valence electrons. The van der Waals surface area contributed by atoms with E-state index < -0.39 is 5.97 Å². The quantitative estimate of drug-likeness (QED) is 0.143. The molecule has 2 atom stereocenters. The first kappa shape index (κ1) is 22.8. The van der Waals surface area contributed by atoms with Crippen molar-refractivity contribution in [3.8, 4) is 28.7 Å². The van der Waals surface area contributed by atoms with Gasteiger partial charge in [-0.1, -0.05) is 53.8 Å². The van der Waals surface area contributed by atoms with Crippen LogP contribution in [0.5, 0.6) is 11.5 Å². The van der Waals surface area contributed by atoms with Crippen molar-refractivity contribution in [2.75, 3.05) is 4.43 Å². The number of alkyl halides is 1. The largest absolute Gasteiger partial charge is 0.491 e. The van der Waals surface area contributed by atoms with Crippen molar-refractivity contribution in [1.29, 1.82) is 5.26 Å². The van der Waals surface area contributed by atoms with Gasteiger partial charge in [-0.05, 0) is 78.9 Å². The summed E-state index contributed by atoms with van der Waals surface area (Å²) in [6.45, 7) is 4.34. The van der Waals surface area contributed by atoms with Crippen molar-refractivity contribution in [3.63, 3.8) is 0 Å². The van der Waals surface area contributed by atoms with E-state index >= 15 is 0 Å². The van der Waals surface area contributed by atoms with Crippen LogP contribution in [-0.4, -0.2) is 16.5 Å². The number of benzene rings is 3. The molecule has 2 unspecified atom stereocenters. The van der Waals surface area contributed by atoms with E-state index in [-0.39, 0.29) is 6.10 Å². The van der Waals surface area contributed by atoms with Gasteiger partial charge in [0.05, 0.1) is 23.3 Å². The highest BCUT2D eigenvalue weighted by molar-refractivity contribution is 14.1. The van der Waals surface area contributed by atoms with Crippen molar-refractivity contribution in [3.05, 3.63) is 83.9 Å². The van der Waals surface area contributed by atoms with E-state index in [0.717, 1.165) is 27.7 Å². The average molecular weight is 525 g/mol. The highest BCUT2D eigenvalue weighted by atomic mass is 127. The molecular formula is C26H24INO3. The van der Waals surface area contributed by atoms with Crippen LogP contribution in [-0.2, 0) is 0 Å². The molecule has 0 fully saturated rings. The zero-order valence-electron chi connectivity index (χ0n) is 17.5. The molecule has 0 aliphatic rings. The maximum Gasteiger partial charge on any atom is 0.343 e. The fourth-order valence-corrected chi connectivity index (χ4v) is 3.56. The van der Waals surface area contributed by atoms with Gasteiger partial charge in [0.2, 0.25) is 0 Å². The molecule has 0 saturated heterocycles. The fourth-order valence-electron chi connectivity index (χ4n) is 3.20. The van der Waals surface area contributed by atoms with Crippen LogP contribution < -0.4 is 9.47 Å². The number of nitrogens with zero attached hydrogens (tertiary/aromatic N) is 1. The molecule has 0 radical (unpaired) electrons. The predicted octanol–water partition coefficient (Wildman–Crippen LogP) is 6.67. The second-order valence-electron chi connectivity index (χ2n) is 7.55. The maximum absolute atomic E-state index is 12.4. The summed E-state index contributed by atoms with van der Waals surface area (Å²) >= 11 is 2.41. The van der Waals surface area contributed by atoms with E-state index in [4.69, 9.17) is 14.7 Å². The highest BCUT2D eigenvalue weighted by Crippen LogP contribution is 2.25. The molecule has 0 saturated carbocycles. The van der Waals surface area contributed by atoms with Crippen molar-refractivity contribution in [2.24, 2.45) is 5.92 Å². The molecule has 0 aliphatic heterocycles. The zero-order valence-corrected chi connectivity index (χ0v) is 19.7. The summed E-state index contributed by atoms with van der Waals surface area (Å²) < 4.78 is 12.5. The Bertz CT molecular complexity index is 1040. The predicted molar refractivity (Wildman–Crippen MR) is 131 cm³/mol. The molecule has 0 amide bonds. The molecule has 3 aromatic carbocycles. The van der Waals surface area contributed by atoms with Gasteiger partial charge in [0.1, 0.15) is 11.5 Å². The van der Waals surface area contributed by atoms with E-state index in [1.54, 1.807) is 36.4 Å².